The number of hydrogen-bond donors (Lipinski definition) is 2. The van der Waals surface area contributed by atoms with E-state index in [-0.39, 0.29) is 11.9 Å². The summed E-state index contributed by atoms with van der Waals surface area (Å²) < 4.78 is 0. The Hall–Kier alpha value is -0.220. The van der Waals surface area contributed by atoms with E-state index in [0.29, 0.717) is 11.3 Å². The summed E-state index contributed by atoms with van der Waals surface area (Å²) in [5, 5.41) is 4.03. The van der Waals surface area contributed by atoms with Crippen LogP contribution in [0.25, 0.3) is 0 Å². The molecule has 0 spiro atoms. The topological polar surface area (TPSA) is 55.1 Å². The fourth-order valence-corrected chi connectivity index (χ4v) is 3.00. The number of amides is 1. The van der Waals surface area contributed by atoms with Gasteiger partial charge in [0.1, 0.15) is 0 Å². The summed E-state index contributed by atoms with van der Waals surface area (Å²) in [7, 11) is 0. The van der Waals surface area contributed by atoms with Gasteiger partial charge in [-0.3, -0.25) is 4.79 Å². The average molecular weight is 216 g/mol. The van der Waals surface area contributed by atoms with Crippen LogP contribution in [0.3, 0.4) is 0 Å². The maximum absolute atomic E-state index is 11.1. The van der Waals surface area contributed by atoms with Crippen molar-refractivity contribution in [2.24, 2.45) is 5.73 Å². The fraction of sp³-hybridized carbons (Fsp3) is 0.900. The molecule has 0 aliphatic heterocycles. The minimum atomic E-state index is -0.223. The third-order valence-electron chi connectivity index (χ3n) is 2.92. The van der Waals surface area contributed by atoms with Crippen molar-refractivity contribution in [2.45, 2.75) is 49.9 Å². The van der Waals surface area contributed by atoms with Gasteiger partial charge in [0, 0.05) is 11.3 Å². The van der Waals surface area contributed by atoms with Crippen molar-refractivity contribution >= 4 is 17.7 Å². The second kappa shape index (κ2) is 5.61. The van der Waals surface area contributed by atoms with Gasteiger partial charge < -0.3 is 11.1 Å². The molecule has 0 radical (unpaired) electrons. The Kier molecular flexibility index (Phi) is 4.75. The highest BCUT2D eigenvalue weighted by atomic mass is 32.2. The summed E-state index contributed by atoms with van der Waals surface area (Å²) in [5.41, 5.74) is 5.30. The van der Waals surface area contributed by atoms with Crippen molar-refractivity contribution in [2.75, 3.05) is 6.26 Å². The quantitative estimate of drug-likeness (QED) is 0.724. The molecule has 3 nitrogen and oxygen atoms in total. The van der Waals surface area contributed by atoms with Crippen LogP contribution >= 0.6 is 11.8 Å². The molecular weight excluding hydrogens is 196 g/mol. The lowest BCUT2D eigenvalue weighted by atomic mass is 10.1. The summed E-state index contributed by atoms with van der Waals surface area (Å²) in [4.78, 5) is 11.1. The normalized spacial score (nSPS) is 29.0. The molecule has 3 N–H and O–H groups in total. The van der Waals surface area contributed by atoms with E-state index in [0.717, 1.165) is 6.42 Å². The van der Waals surface area contributed by atoms with Crippen molar-refractivity contribution in [1.29, 1.82) is 0 Å². The van der Waals surface area contributed by atoms with Crippen molar-refractivity contribution in [1.82, 2.24) is 5.32 Å². The Morgan fingerprint density at radius 3 is 2.86 bits per heavy atom. The van der Waals surface area contributed by atoms with Crippen LogP contribution in [0.2, 0.25) is 0 Å². The molecule has 0 saturated heterocycles. The van der Waals surface area contributed by atoms with Gasteiger partial charge in [0.25, 0.3) is 0 Å². The van der Waals surface area contributed by atoms with Gasteiger partial charge in [0.2, 0.25) is 5.91 Å². The number of carbonyl (C=O) groups is 1. The second-order valence-electron chi connectivity index (χ2n) is 3.84. The first kappa shape index (κ1) is 11.9. The summed E-state index contributed by atoms with van der Waals surface area (Å²) in [6, 6.07) is 0.329. The third kappa shape index (κ3) is 2.89. The van der Waals surface area contributed by atoms with Crippen LogP contribution in [-0.2, 0) is 4.79 Å². The smallest absolute Gasteiger partial charge is 0.234 e. The molecule has 3 atom stereocenters. The molecule has 0 aromatic heterocycles. The van der Waals surface area contributed by atoms with Crippen LogP contribution in [-0.4, -0.2) is 29.5 Å². The number of thioether (sulfide) groups is 1. The van der Waals surface area contributed by atoms with Crippen LogP contribution in [0, 0.1) is 0 Å². The van der Waals surface area contributed by atoms with E-state index in [2.05, 4.69) is 11.6 Å². The first-order chi connectivity index (χ1) is 6.69. The minimum Gasteiger partial charge on any atom is -0.368 e. The molecule has 1 rings (SSSR count). The highest BCUT2D eigenvalue weighted by Crippen LogP contribution is 2.28. The van der Waals surface area contributed by atoms with E-state index < -0.39 is 0 Å². The van der Waals surface area contributed by atoms with Crippen LogP contribution in [0.5, 0.6) is 0 Å². The van der Waals surface area contributed by atoms with E-state index >= 15 is 0 Å². The zero-order chi connectivity index (χ0) is 10.6. The molecule has 3 unspecified atom stereocenters. The van der Waals surface area contributed by atoms with Crippen LogP contribution in [0.1, 0.15) is 32.6 Å². The minimum absolute atomic E-state index is 0.146. The predicted octanol–water partition coefficient (Wildman–Crippen LogP) is 1.12. The SMILES string of the molecule is CCC(NC1CCCC1SC)C(N)=O. The number of hydrogen-bond acceptors (Lipinski definition) is 3. The van der Waals surface area contributed by atoms with Crippen LogP contribution in [0.15, 0.2) is 0 Å². The van der Waals surface area contributed by atoms with E-state index in [9.17, 15) is 4.79 Å². The summed E-state index contributed by atoms with van der Waals surface area (Å²) in [5.74, 6) is -0.223. The fourth-order valence-electron chi connectivity index (χ4n) is 2.06. The van der Waals surface area contributed by atoms with Crippen molar-refractivity contribution in [3.8, 4) is 0 Å². The highest BCUT2D eigenvalue weighted by Gasteiger charge is 2.29. The first-order valence-electron chi connectivity index (χ1n) is 5.27. The molecule has 1 saturated carbocycles. The molecule has 0 heterocycles. The predicted molar refractivity (Wildman–Crippen MR) is 61.4 cm³/mol. The Morgan fingerprint density at radius 1 is 1.64 bits per heavy atom. The summed E-state index contributed by atoms with van der Waals surface area (Å²) in [6.07, 6.45) is 6.62. The summed E-state index contributed by atoms with van der Waals surface area (Å²) >= 11 is 1.89. The zero-order valence-electron chi connectivity index (χ0n) is 8.95. The monoisotopic (exact) mass is 216 g/mol. The van der Waals surface area contributed by atoms with E-state index in [4.69, 9.17) is 5.73 Å². The number of primary amides is 1. The maximum atomic E-state index is 11.1. The third-order valence-corrected chi connectivity index (χ3v) is 4.09. The molecule has 14 heavy (non-hydrogen) atoms. The largest absolute Gasteiger partial charge is 0.368 e. The molecule has 1 aliphatic carbocycles. The molecule has 1 amide bonds. The Balaban J connectivity index is 2.45. The van der Waals surface area contributed by atoms with Gasteiger partial charge >= 0.3 is 0 Å². The van der Waals surface area contributed by atoms with Gasteiger partial charge in [-0.25, -0.2) is 0 Å². The average Bonchev–Trinajstić information content (AvgIpc) is 2.60. The Bertz CT molecular complexity index is 199. The molecule has 0 bridgehead atoms. The van der Waals surface area contributed by atoms with Crippen LogP contribution in [0.4, 0.5) is 0 Å². The van der Waals surface area contributed by atoms with Gasteiger partial charge in [0.15, 0.2) is 0 Å². The van der Waals surface area contributed by atoms with Gasteiger partial charge in [-0.2, -0.15) is 11.8 Å². The number of carbonyl (C=O) groups excluding carboxylic acids is 1. The lowest BCUT2D eigenvalue weighted by Crippen LogP contribution is -2.48. The van der Waals surface area contributed by atoms with Crippen molar-refractivity contribution in [3.05, 3.63) is 0 Å². The molecule has 0 aromatic rings. The molecular formula is C10H20N2OS. The standard InChI is InChI=1S/C10H20N2OS/c1-3-7(10(11)13)12-8-5-4-6-9(8)14-2/h7-9,12H,3-6H2,1-2H3,(H2,11,13). The van der Waals surface area contributed by atoms with Gasteiger partial charge in [-0.15, -0.1) is 0 Å². The van der Waals surface area contributed by atoms with E-state index in [1.54, 1.807) is 0 Å². The lowest BCUT2D eigenvalue weighted by Gasteiger charge is -2.23. The van der Waals surface area contributed by atoms with Gasteiger partial charge in [-0.1, -0.05) is 13.3 Å². The highest BCUT2D eigenvalue weighted by molar-refractivity contribution is 7.99. The van der Waals surface area contributed by atoms with Gasteiger partial charge in [0.05, 0.1) is 6.04 Å². The Morgan fingerprint density at radius 2 is 2.36 bits per heavy atom. The summed E-state index contributed by atoms with van der Waals surface area (Å²) in [6.45, 7) is 1.99. The Labute approximate surface area is 90.2 Å². The molecule has 0 aromatic carbocycles. The van der Waals surface area contributed by atoms with Crippen LogP contribution < -0.4 is 11.1 Å². The van der Waals surface area contributed by atoms with Gasteiger partial charge in [-0.05, 0) is 25.5 Å². The number of rotatable bonds is 5. The maximum Gasteiger partial charge on any atom is 0.234 e. The molecule has 82 valence electrons. The number of nitrogens with two attached hydrogens (primary N) is 1. The van der Waals surface area contributed by atoms with Crippen molar-refractivity contribution < 1.29 is 4.79 Å². The zero-order valence-corrected chi connectivity index (χ0v) is 9.77. The van der Waals surface area contributed by atoms with E-state index in [1.165, 1.54) is 19.3 Å². The second-order valence-corrected chi connectivity index (χ2v) is 4.92. The van der Waals surface area contributed by atoms with E-state index in [1.807, 2.05) is 18.7 Å². The first-order valence-corrected chi connectivity index (χ1v) is 6.56. The molecule has 4 heteroatoms. The number of nitrogens with one attached hydrogen (secondary N) is 1. The molecule has 1 fully saturated rings. The van der Waals surface area contributed by atoms with Crippen molar-refractivity contribution in [3.63, 3.8) is 0 Å². The lowest BCUT2D eigenvalue weighted by molar-refractivity contribution is -0.120. The molecule has 1 aliphatic rings.